The molecule has 0 radical (unpaired) electrons. The van der Waals surface area contributed by atoms with Crippen LogP contribution in [0.5, 0.6) is 0 Å². The zero-order valence-corrected chi connectivity index (χ0v) is 11.4. The van der Waals surface area contributed by atoms with Crippen molar-refractivity contribution in [1.29, 1.82) is 0 Å². The average Bonchev–Trinajstić information content (AvgIpc) is 2.30. The topological polar surface area (TPSA) is 37.8 Å². The normalized spacial score (nSPS) is 12.6. The van der Waals surface area contributed by atoms with E-state index in [4.69, 9.17) is 0 Å². The number of nitrogens with one attached hydrogen (secondary N) is 1. The first-order valence-electron chi connectivity index (χ1n) is 6.83. The van der Waals surface area contributed by atoms with Gasteiger partial charge >= 0.3 is 0 Å². The molecule has 0 saturated carbocycles. The molecule has 3 heteroatoms. The SMILES string of the molecule is CCCc1cc(CC(CCC)NCC)ncn1. The van der Waals surface area contributed by atoms with E-state index in [1.807, 2.05) is 0 Å². The molecule has 1 unspecified atom stereocenters. The number of likely N-dealkylation sites (N-methyl/N-ethyl adjacent to an activating group) is 1. The van der Waals surface area contributed by atoms with Gasteiger partial charge in [-0.15, -0.1) is 0 Å². The van der Waals surface area contributed by atoms with E-state index in [1.165, 1.54) is 24.2 Å². The molecular formula is C14H25N3. The van der Waals surface area contributed by atoms with Gasteiger partial charge in [-0.3, -0.25) is 0 Å². The third-order valence-corrected chi connectivity index (χ3v) is 2.87. The fourth-order valence-corrected chi connectivity index (χ4v) is 2.11. The summed E-state index contributed by atoms with van der Waals surface area (Å²) in [5.74, 6) is 0. The van der Waals surface area contributed by atoms with Crippen LogP contribution in [-0.4, -0.2) is 22.6 Å². The molecule has 0 aromatic carbocycles. The number of hydrogen-bond donors (Lipinski definition) is 1. The second-order valence-electron chi connectivity index (χ2n) is 4.50. The molecule has 1 rings (SSSR count). The maximum atomic E-state index is 4.37. The van der Waals surface area contributed by atoms with Gasteiger partial charge in [0.1, 0.15) is 6.33 Å². The first kappa shape index (κ1) is 14.1. The Balaban J connectivity index is 2.60. The highest BCUT2D eigenvalue weighted by molar-refractivity contribution is 5.09. The first-order chi connectivity index (χ1) is 8.30. The quantitative estimate of drug-likeness (QED) is 0.753. The molecule has 0 aliphatic rings. The van der Waals surface area contributed by atoms with Crippen LogP contribution in [0.15, 0.2) is 12.4 Å². The molecule has 3 nitrogen and oxygen atoms in total. The van der Waals surface area contributed by atoms with Gasteiger partial charge in [-0.05, 0) is 25.5 Å². The molecular weight excluding hydrogens is 210 g/mol. The van der Waals surface area contributed by atoms with Gasteiger partial charge < -0.3 is 5.32 Å². The van der Waals surface area contributed by atoms with E-state index in [-0.39, 0.29) is 0 Å². The summed E-state index contributed by atoms with van der Waals surface area (Å²) in [6, 6.07) is 2.71. The van der Waals surface area contributed by atoms with Crippen LogP contribution in [0.25, 0.3) is 0 Å². The first-order valence-corrected chi connectivity index (χ1v) is 6.83. The minimum atomic E-state index is 0.550. The predicted molar refractivity (Wildman–Crippen MR) is 72.1 cm³/mol. The van der Waals surface area contributed by atoms with Gasteiger partial charge in [0.2, 0.25) is 0 Å². The lowest BCUT2D eigenvalue weighted by atomic mass is 10.1. The lowest BCUT2D eigenvalue weighted by molar-refractivity contribution is 0.481. The molecule has 0 amide bonds. The number of aryl methyl sites for hydroxylation is 1. The van der Waals surface area contributed by atoms with Crippen molar-refractivity contribution in [1.82, 2.24) is 15.3 Å². The van der Waals surface area contributed by atoms with E-state index < -0.39 is 0 Å². The molecule has 17 heavy (non-hydrogen) atoms. The minimum Gasteiger partial charge on any atom is -0.314 e. The van der Waals surface area contributed by atoms with Crippen molar-refractivity contribution in [2.75, 3.05) is 6.54 Å². The Kier molecular flexibility index (Phi) is 6.78. The Morgan fingerprint density at radius 3 is 2.53 bits per heavy atom. The molecule has 1 N–H and O–H groups in total. The number of rotatable bonds is 8. The van der Waals surface area contributed by atoms with Gasteiger partial charge in [-0.2, -0.15) is 0 Å². The van der Waals surface area contributed by atoms with Gasteiger partial charge in [-0.1, -0.05) is 33.6 Å². The monoisotopic (exact) mass is 235 g/mol. The van der Waals surface area contributed by atoms with Crippen molar-refractivity contribution in [2.24, 2.45) is 0 Å². The maximum Gasteiger partial charge on any atom is 0.115 e. The molecule has 0 bridgehead atoms. The Morgan fingerprint density at radius 2 is 1.88 bits per heavy atom. The zero-order chi connectivity index (χ0) is 12.5. The number of aromatic nitrogens is 2. The van der Waals surface area contributed by atoms with E-state index in [1.54, 1.807) is 6.33 Å². The van der Waals surface area contributed by atoms with Crippen LogP contribution in [0, 0.1) is 0 Å². The smallest absolute Gasteiger partial charge is 0.115 e. The Morgan fingerprint density at radius 1 is 1.12 bits per heavy atom. The summed E-state index contributed by atoms with van der Waals surface area (Å²) in [5.41, 5.74) is 2.34. The summed E-state index contributed by atoms with van der Waals surface area (Å²) in [7, 11) is 0. The van der Waals surface area contributed by atoms with Crippen molar-refractivity contribution in [2.45, 2.75) is 58.9 Å². The Labute approximate surface area is 105 Å². The van der Waals surface area contributed by atoms with E-state index in [9.17, 15) is 0 Å². The molecule has 0 fully saturated rings. The summed E-state index contributed by atoms with van der Waals surface area (Å²) in [6.45, 7) is 7.59. The van der Waals surface area contributed by atoms with Crippen LogP contribution in [0.1, 0.15) is 51.4 Å². The third kappa shape index (κ3) is 5.26. The van der Waals surface area contributed by atoms with Crippen molar-refractivity contribution in [3.8, 4) is 0 Å². The fourth-order valence-electron chi connectivity index (χ4n) is 2.11. The molecule has 1 aromatic rings. The van der Waals surface area contributed by atoms with Crippen molar-refractivity contribution in [3.63, 3.8) is 0 Å². The third-order valence-electron chi connectivity index (χ3n) is 2.87. The van der Waals surface area contributed by atoms with E-state index in [2.05, 4.69) is 42.1 Å². The Hall–Kier alpha value is -0.960. The second-order valence-corrected chi connectivity index (χ2v) is 4.50. The molecule has 0 saturated heterocycles. The average molecular weight is 235 g/mol. The van der Waals surface area contributed by atoms with E-state index >= 15 is 0 Å². The highest BCUT2D eigenvalue weighted by atomic mass is 14.9. The van der Waals surface area contributed by atoms with Gasteiger partial charge in [0.25, 0.3) is 0 Å². The van der Waals surface area contributed by atoms with Crippen LogP contribution in [0.3, 0.4) is 0 Å². The molecule has 96 valence electrons. The van der Waals surface area contributed by atoms with Crippen LogP contribution in [-0.2, 0) is 12.8 Å². The predicted octanol–water partition coefficient (Wildman–Crippen LogP) is 2.75. The molecule has 0 spiro atoms. The zero-order valence-electron chi connectivity index (χ0n) is 11.4. The number of nitrogens with zero attached hydrogens (tertiary/aromatic N) is 2. The van der Waals surface area contributed by atoms with E-state index in [0.29, 0.717) is 6.04 Å². The minimum absolute atomic E-state index is 0.550. The van der Waals surface area contributed by atoms with E-state index in [0.717, 1.165) is 25.8 Å². The van der Waals surface area contributed by atoms with Gasteiger partial charge in [0.05, 0.1) is 0 Å². The molecule has 1 heterocycles. The van der Waals surface area contributed by atoms with Gasteiger partial charge in [0.15, 0.2) is 0 Å². The highest BCUT2D eigenvalue weighted by Crippen LogP contribution is 2.07. The van der Waals surface area contributed by atoms with Crippen molar-refractivity contribution >= 4 is 0 Å². The standard InChI is InChI=1S/C14H25N3/c1-4-7-12(15-6-3)9-14-10-13(8-5-2)16-11-17-14/h10-12,15H,4-9H2,1-3H3. The lowest BCUT2D eigenvalue weighted by Gasteiger charge is -2.16. The Bertz CT molecular complexity index is 306. The fraction of sp³-hybridized carbons (Fsp3) is 0.714. The van der Waals surface area contributed by atoms with Crippen LogP contribution in [0.4, 0.5) is 0 Å². The highest BCUT2D eigenvalue weighted by Gasteiger charge is 2.08. The summed E-state index contributed by atoms with van der Waals surface area (Å²) in [6.07, 6.45) is 7.33. The maximum absolute atomic E-state index is 4.37. The molecule has 1 atom stereocenters. The van der Waals surface area contributed by atoms with Crippen molar-refractivity contribution in [3.05, 3.63) is 23.8 Å². The molecule has 0 aliphatic carbocycles. The van der Waals surface area contributed by atoms with Crippen molar-refractivity contribution < 1.29 is 0 Å². The van der Waals surface area contributed by atoms with Crippen LogP contribution in [0.2, 0.25) is 0 Å². The van der Waals surface area contributed by atoms with Gasteiger partial charge in [-0.25, -0.2) is 9.97 Å². The van der Waals surface area contributed by atoms with Gasteiger partial charge in [0, 0.05) is 23.9 Å². The molecule has 1 aromatic heterocycles. The summed E-state index contributed by atoms with van der Waals surface area (Å²) in [5, 5.41) is 3.52. The summed E-state index contributed by atoms with van der Waals surface area (Å²) >= 11 is 0. The number of hydrogen-bond acceptors (Lipinski definition) is 3. The summed E-state index contributed by atoms with van der Waals surface area (Å²) < 4.78 is 0. The van der Waals surface area contributed by atoms with Crippen LogP contribution < -0.4 is 5.32 Å². The summed E-state index contributed by atoms with van der Waals surface area (Å²) in [4.78, 5) is 8.67. The second kappa shape index (κ2) is 8.18. The van der Waals surface area contributed by atoms with Crippen LogP contribution >= 0.6 is 0 Å². The lowest BCUT2D eigenvalue weighted by Crippen LogP contribution is -2.31. The largest absolute Gasteiger partial charge is 0.314 e. The molecule has 0 aliphatic heterocycles.